The van der Waals surface area contributed by atoms with Crippen LogP contribution in [0.5, 0.6) is 17.2 Å². The molecule has 0 radical (unpaired) electrons. The first kappa shape index (κ1) is 25.2. The first-order valence-electron chi connectivity index (χ1n) is 11.3. The highest BCUT2D eigenvalue weighted by atomic mass is 32.2. The van der Waals surface area contributed by atoms with Crippen molar-refractivity contribution in [2.45, 2.75) is 48.7 Å². The van der Waals surface area contributed by atoms with Crippen LogP contribution in [0.1, 0.15) is 19.3 Å². The molecular weight excluding hydrogens is 518 g/mol. The Kier molecular flexibility index (Phi) is 6.46. The van der Waals surface area contributed by atoms with Crippen molar-refractivity contribution < 1.29 is 40.6 Å². The molecule has 5 rings (SSSR count). The Morgan fingerprint density at radius 3 is 2.57 bits per heavy atom. The Bertz CT molecular complexity index is 1400. The molecule has 1 aromatic heterocycles. The Labute approximate surface area is 209 Å². The summed E-state index contributed by atoms with van der Waals surface area (Å²) in [5.41, 5.74) is 0.346. The molecule has 1 aliphatic heterocycles. The van der Waals surface area contributed by atoms with Gasteiger partial charge in [0.1, 0.15) is 11.6 Å². The van der Waals surface area contributed by atoms with E-state index in [0.717, 1.165) is 24.3 Å². The van der Waals surface area contributed by atoms with E-state index in [4.69, 9.17) is 4.74 Å². The molecule has 37 heavy (non-hydrogen) atoms. The van der Waals surface area contributed by atoms with Crippen LogP contribution in [0.3, 0.4) is 0 Å². The van der Waals surface area contributed by atoms with Crippen LogP contribution in [0.25, 0.3) is 0 Å². The topological polar surface area (TPSA) is 101 Å². The van der Waals surface area contributed by atoms with Gasteiger partial charge in [-0.3, -0.25) is 0 Å². The summed E-state index contributed by atoms with van der Waals surface area (Å²) in [6, 6.07) is 9.48. The predicted octanol–water partition coefficient (Wildman–Crippen LogP) is 4.62. The number of rotatable bonds is 5. The zero-order valence-electron chi connectivity index (χ0n) is 19.0. The van der Waals surface area contributed by atoms with Gasteiger partial charge < -0.3 is 19.5 Å². The Hall–Kier alpha value is -3.42. The van der Waals surface area contributed by atoms with E-state index in [9.17, 15) is 31.1 Å². The van der Waals surface area contributed by atoms with Crippen molar-refractivity contribution in [2.75, 3.05) is 4.90 Å². The number of halogens is 4. The van der Waals surface area contributed by atoms with Crippen LogP contribution in [0.15, 0.2) is 65.7 Å². The van der Waals surface area contributed by atoms with Gasteiger partial charge in [0.05, 0.1) is 28.8 Å². The van der Waals surface area contributed by atoms with Crippen molar-refractivity contribution in [2.24, 2.45) is 0 Å². The number of ether oxygens (including phenoxy) is 2. The molecule has 1 fully saturated rings. The van der Waals surface area contributed by atoms with Gasteiger partial charge in [-0.15, -0.1) is 13.2 Å². The molecule has 196 valence electrons. The third-order valence-corrected chi connectivity index (χ3v) is 7.71. The minimum Gasteiger partial charge on any atom is -0.451 e. The zero-order chi connectivity index (χ0) is 26.4. The summed E-state index contributed by atoms with van der Waals surface area (Å²) in [5, 5.41) is 11.3. The third-order valence-electron chi connectivity index (χ3n) is 6.21. The molecule has 3 aromatic rings. The lowest BCUT2D eigenvalue weighted by Gasteiger charge is -2.44. The van der Waals surface area contributed by atoms with Gasteiger partial charge in [0, 0.05) is 12.3 Å². The molecule has 2 aliphatic rings. The lowest BCUT2D eigenvalue weighted by atomic mass is 9.87. The molecule has 0 saturated heterocycles. The summed E-state index contributed by atoms with van der Waals surface area (Å²) in [5.74, 6) is 0.0323. The van der Waals surface area contributed by atoms with Crippen molar-refractivity contribution >= 4 is 21.5 Å². The lowest BCUT2D eigenvalue weighted by Crippen LogP contribution is -2.56. The molecule has 2 aromatic carbocycles. The summed E-state index contributed by atoms with van der Waals surface area (Å²) in [6.07, 6.45) is -3.33. The van der Waals surface area contributed by atoms with E-state index >= 15 is 0 Å². The molecule has 0 bridgehead atoms. The maximum atomic E-state index is 14.2. The van der Waals surface area contributed by atoms with Crippen LogP contribution in [0.4, 0.5) is 29.1 Å². The van der Waals surface area contributed by atoms with E-state index in [0.29, 0.717) is 42.3 Å². The SMILES string of the molecule is O=S(=O)(N[C@@H]1CCCC(N2c3cc(F)ccc3Oc3cccnc32)[C@H]1O)c1ccc(OC(F)(F)F)cc1. The molecule has 1 unspecified atom stereocenters. The average Bonchev–Trinajstić information content (AvgIpc) is 2.83. The number of aromatic nitrogens is 1. The number of sulfonamides is 1. The highest BCUT2D eigenvalue weighted by Gasteiger charge is 2.42. The third kappa shape index (κ3) is 5.20. The highest BCUT2D eigenvalue weighted by molar-refractivity contribution is 7.89. The van der Waals surface area contributed by atoms with Crippen LogP contribution < -0.4 is 19.1 Å². The molecule has 13 heteroatoms. The number of aliphatic hydroxyl groups excluding tert-OH is 1. The van der Waals surface area contributed by atoms with Crippen LogP contribution in [-0.2, 0) is 10.0 Å². The second kappa shape index (κ2) is 9.47. The van der Waals surface area contributed by atoms with Crippen LogP contribution >= 0.6 is 0 Å². The first-order chi connectivity index (χ1) is 17.5. The van der Waals surface area contributed by atoms with E-state index in [1.54, 1.807) is 17.0 Å². The second-order valence-electron chi connectivity index (χ2n) is 8.65. The predicted molar refractivity (Wildman–Crippen MR) is 124 cm³/mol. The lowest BCUT2D eigenvalue weighted by molar-refractivity contribution is -0.274. The average molecular weight is 540 g/mol. The summed E-state index contributed by atoms with van der Waals surface area (Å²) >= 11 is 0. The van der Waals surface area contributed by atoms with Gasteiger partial charge in [-0.05, 0) is 67.8 Å². The molecule has 8 nitrogen and oxygen atoms in total. The van der Waals surface area contributed by atoms with Gasteiger partial charge in [-0.25, -0.2) is 22.5 Å². The first-order valence-corrected chi connectivity index (χ1v) is 12.8. The van der Waals surface area contributed by atoms with Crippen molar-refractivity contribution in [3.63, 3.8) is 0 Å². The molecule has 1 saturated carbocycles. The van der Waals surface area contributed by atoms with Gasteiger partial charge in [-0.1, -0.05) is 0 Å². The molecule has 0 spiro atoms. The van der Waals surface area contributed by atoms with Crippen molar-refractivity contribution in [1.29, 1.82) is 0 Å². The second-order valence-corrected chi connectivity index (χ2v) is 10.4. The normalized spacial score (nSPS) is 21.5. The minimum absolute atomic E-state index is 0.290. The van der Waals surface area contributed by atoms with Crippen LogP contribution in [0, 0.1) is 5.82 Å². The van der Waals surface area contributed by atoms with E-state index in [1.807, 2.05) is 0 Å². The van der Waals surface area contributed by atoms with Crippen molar-refractivity contribution in [1.82, 2.24) is 9.71 Å². The largest absolute Gasteiger partial charge is 0.573 e. The minimum atomic E-state index is -4.91. The summed E-state index contributed by atoms with van der Waals surface area (Å²) in [4.78, 5) is 5.73. The molecule has 3 atom stereocenters. The van der Waals surface area contributed by atoms with E-state index in [-0.39, 0.29) is 4.90 Å². The van der Waals surface area contributed by atoms with E-state index in [1.165, 1.54) is 24.4 Å². The monoisotopic (exact) mass is 539 g/mol. The molecule has 2 heterocycles. The Morgan fingerprint density at radius 1 is 1.08 bits per heavy atom. The number of pyridine rings is 1. The van der Waals surface area contributed by atoms with Gasteiger partial charge >= 0.3 is 6.36 Å². The maximum absolute atomic E-state index is 14.2. The number of hydrogen-bond donors (Lipinski definition) is 2. The molecular formula is C24H21F4N3O5S. The number of benzene rings is 2. The van der Waals surface area contributed by atoms with E-state index < -0.39 is 46.1 Å². The molecule has 1 aliphatic carbocycles. The Morgan fingerprint density at radius 2 is 1.84 bits per heavy atom. The highest BCUT2D eigenvalue weighted by Crippen LogP contribution is 2.48. The summed E-state index contributed by atoms with van der Waals surface area (Å²) < 4.78 is 89.5. The molecule has 0 amide bonds. The fourth-order valence-corrected chi connectivity index (χ4v) is 5.92. The summed E-state index contributed by atoms with van der Waals surface area (Å²) in [6.45, 7) is 0. The molecule has 2 N–H and O–H groups in total. The van der Waals surface area contributed by atoms with Crippen LogP contribution in [-0.4, -0.2) is 43.1 Å². The number of aliphatic hydroxyl groups is 1. The van der Waals surface area contributed by atoms with Crippen molar-refractivity contribution in [3.8, 4) is 17.2 Å². The van der Waals surface area contributed by atoms with Crippen molar-refractivity contribution in [3.05, 3.63) is 66.6 Å². The van der Waals surface area contributed by atoms with Crippen LogP contribution in [0.2, 0.25) is 0 Å². The van der Waals surface area contributed by atoms with Gasteiger partial charge in [0.15, 0.2) is 17.3 Å². The number of hydrogen-bond acceptors (Lipinski definition) is 7. The standard InChI is InChI=1S/C24H21F4N3O5S/c25-14-6-11-20-19(13-14)31(23-21(35-20)5-2-12-29-23)18-4-1-3-17(22(18)32)30-37(33,34)16-9-7-15(8-10-16)36-24(26,27)28/h2,5-13,17-18,22,30,32H,1,3-4H2/t17-,18?,22+/m1/s1. The maximum Gasteiger partial charge on any atom is 0.573 e. The summed E-state index contributed by atoms with van der Waals surface area (Å²) in [7, 11) is -4.20. The zero-order valence-corrected chi connectivity index (χ0v) is 19.8. The number of anilines is 2. The number of alkyl halides is 3. The van der Waals surface area contributed by atoms with Gasteiger partial charge in [-0.2, -0.15) is 0 Å². The fraction of sp³-hybridized carbons (Fsp3) is 0.292. The van der Waals surface area contributed by atoms with E-state index in [2.05, 4.69) is 14.4 Å². The number of nitrogens with one attached hydrogen (secondary N) is 1. The fourth-order valence-electron chi connectivity index (χ4n) is 4.63. The number of nitrogens with zero attached hydrogens (tertiary/aromatic N) is 2. The quantitative estimate of drug-likeness (QED) is 0.456. The van der Waals surface area contributed by atoms with Gasteiger partial charge in [0.2, 0.25) is 10.0 Å². The Balaban J connectivity index is 1.41. The van der Waals surface area contributed by atoms with Gasteiger partial charge in [0.25, 0.3) is 0 Å². The smallest absolute Gasteiger partial charge is 0.451 e. The number of fused-ring (bicyclic) bond motifs is 2.